The maximum Gasteiger partial charge on any atom is 0.237 e. The predicted molar refractivity (Wildman–Crippen MR) is 83.8 cm³/mol. The second-order valence-corrected chi connectivity index (χ2v) is 8.36. The smallest absolute Gasteiger partial charge is 0.237 e. The summed E-state index contributed by atoms with van der Waals surface area (Å²) in [7, 11) is -3.56. The number of halogens is 2. The van der Waals surface area contributed by atoms with Crippen LogP contribution >= 0.6 is 23.2 Å². The first-order valence-corrected chi connectivity index (χ1v) is 9.08. The first kappa shape index (κ1) is 15.4. The van der Waals surface area contributed by atoms with E-state index in [2.05, 4.69) is 5.32 Å². The molecule has 1 spiro atoms. The molecular formula is C13H16Cl2N2O3S. The van der Waals surface area contributed by atoms with Gasteiger partial charge in [-0.15, -0.1) is 0 Å². The lowest BCUT2D eigenvalue weighted by atomic mass is 9.82. The Bertz CT molecular complexity index is 672. The fraction of sp³-hybridized carbons (Fsp3) is 0.538. The van der Waals surface area contributed by atoms with Crippen LogP contribution in [0, 0.1) is 0 Å². The van der Waals surface area contributed by atoms with Gasteiger partial charge in [-0.3, -0.25) is 4.31 Å². The number of aliphatic hydroxyl groups excluding tert-OH is 1. The van der Waals surface area contributed by atoms with Gasteiger partial charge < -0.3 is 10.4 Å². The van der Waals surface area contributed by atoms with E-state index in [0.717, 1.165) is 18.5 Å². The highest BCUT2D eigenvalue weighted by molar-refractivity contribution is 7.92. The number of hydrogen-bond acceptors (Lipinski definition) is 4. The number of rotatable bonds is 3. The quantitative estimate of drug-likeness (QED) is 0.863. The van der Waals surface area contributed by atoms with Gasteiger partial charge in [0.15, 0.2) is 0 Å². The minimum Gasteiger partial charge on any atom is -0.395 e. The van der Waals surface area contributed by atoms with Gasteiger partial charge >= 0.3 is 0 Å². The van der Waals surface area contributed by atoms with Crippen molar-refractivity contribution in [3.63, 3.8) is 0 Å². The Hall–Kier alpha value is -0.530. The molecule has 0 aromatic heterocycles. The number of anilines is 1. The van der Waals surface area contributed by atoms with Crippen LogP contribution in [0.2, 0.25) is 10.0 Å². The molecule has 1 atom stereocenters. The van der Waals surface area contributed by atoms with Crippen molar-refractivity contribution in [3.05, 3.63) is 27.7 Å². The third kappa shape index (κ3) is 2.43. The summed E-state index contributed by atoms with van der Waals surface area (Å²) in [5.74, 6) is -0.295. The molecule has 0 aliphatic carbocycles. The minimum absolute atomic E-state index is 0.258. The van der Waals surface area contributed by atoms with Crippen molar-refractivity contribution in [2.24, 2.45) is 0 Å². The lowest BCUT2D eigenvalue weighted by molar-refractivity contribution is 0.319. The first-order valence-electron chi connectivity index (χ1n) is 6.71. The van der Waals surface area contributed by atoms with Crippen LogP contribution in [0.25, 0.3) is 0 Å². The molecule has 116 valence electrons. The number of hydrogen-bond donors (Lipinski definition) is 2. The standard InChI is InChI=1S/C13H16Cl2N2O3S/c14-10-5-9-12(6-11(10)15)17(21(19,20)4-3-18)8-13(9)1-2-16-7-13/h5-6,16,18H,1-4,7-8H2/t13-/m0/s1. The lowest BCUT2D eigenvalue weighted by Gasteiger charge is -2.24. The monoisotopic (exact) mass is 350 g/mol. The van der Waals surface area contributed by atoms with Gasteiger partial charge in [0, 0.05) is 18.5 Å². The Kier molecular flexibility index (Phi) is 3.86. The van der Waals surface area contributed by atoms with Crippen LogP contribution in [-0.4, -0.2) is 45.5 Å². The molecule has 2 aliphatic rings. The van der Waals surface area contributed by atoms with Crippen LogP contribution in [0.5, 0.6) is 0 Å². The van der Waals surface area contributed by atoms with Gasteiger partial charge in [-0.1, -0.05) is 23.2 Å². The Morgan fingerprint density at radius 3 is 2.67 bits per heavy atom. The Morgan fingerprint density at radius 1 is 1.33 bits per heavy atom. The predicted octanol–water partition coefficient (Wildman–Crippen LogP) is 1.37. The second-order valence-electron chi connectivity index (χ2n) is 5.54. The van der Waals surface area contributed by atoms with Crippen LogP contribution in [0.4, 0.5) is 5.69 Å². The van der Waals surface area contributed by atoms with Crippen LogP contribution in [0.1, 0.15) is 12.0 Å². The van der Waals surface area contributed by atoms with E-state index in [4.69, 9.17) is 28.3 Å². The van der Waals surface area contributed by atoms with Crippen molar-refractivity contribution in [3.8, 4) is 0 Å². The van der Waals surface area contributed by atoms with Crippen molar-refractivity contribution in [1.29, 1.82) is 0 Å². The van der Waals surface area contributed by atoms with E-state index in [1.54, 1.807) is 12.1 Å². The Labute approximate surface area is 133 Å². The summed E-state index contributed by atoms with van der Waals surface area (Å²) in [5.41, 5.74) is 1.25. The summed E-state index contributed by atoms with van der Waals surface area (Å²) in [6.45, 7) is 1.52. The number of nitrogens with zero attached hydrogens (tertiary/aromatic N) is 1. The van der Waals surface area contributed by atoms with Gasteiger partial charge in [-0.2, -0.15) is 0 Å². The first-order chi connectivity index (χ1) is 9.89. The summed E-state index contributed by atoms with van der Waals surface area (Å²) < 4.78 is 26.2. The number of fused-ring (bicyclic) bond motifs is 2. The van der Waals surface area contributed by atoms with E-state index in [1.807, 2.05) is 0 Å². The van der Waals surface area contributed by atoms with Crippen molar-refractivity contribution in [2.75, 3.05) is 36.3 Å². The fourth-order valence-electron chi connectivity index (χ4n) is 3.20. The highest BCUT2D eigenvalue weighted by Gasteiger charge is 2.48. The topological polar surface area (TPSA) is 69.6 Å². The van der Waals surface area contributed by atoms with Gasteiger partial charge in [-0.05, 0) is 30.7 Å². The second kappa shape index (κ2) is 5.28. The lowest BCUT2D eigenvalue weighted by Crippen LogP contribution is -2.39. The van der Waals surface area contributed by atoms with Gasteiger partial charge in [0.2, 0.25) is 10.0 Å². The molecule has 2 N–H and O–H groups in total. The van der Waals surface area contributed by atoms with E-state index in [-0.39, 0.29) is 11.2 Å². The molecule has 8 heteroatoms. The van der Waals surface area contributed by atoms with Crippen molar-refractivity contribution >= 4 is 38.9 Å². The van der Waals surface area contributed by atoms with Crippen molar-refractivity contribution in [1.82, 2.24) is 5.32 Å². The number of sulfonamides is 1. The average Bonchev–Trinajstić information content (AvgIpc) is 2.99. The maximum absolute atomic E-state index is 12.4. The van der Waals surface area contributed by atoms with Crippen LogP contribution < -0.4 is 9.62 Å². The zero-order chi connectivity index (χ0) is 15.3. The Balaban J connectivity index is 2.14. The van der Waals surface area contributed by atoms with Crippen LogP contribution in [-0.2, 0) is 15.4 Å². The Morgan fingerprint density at radius 2 is 2.05 bits per heavy atom. The average molecular weight is 351 g/mol. The molecule has 1 aromatic rings. The van der Waals surface area contributed by atoms with E-state index in [9.17, 15) is 8.42 Å². The van der Waals surface area contributed by atoms with E-state index < -0.39 is 16.6 Å². The molecule has 0 bridgehead atoms. The van der Waals surface area contributed by atoms with Crippen molar-refractivity contribution in [2.45, 2.75) is 11.8 Å². The SMILES string of the molecule is O=S(=O)(CCO)N1C[C@@]2(CCNC2)c2cc(Cl)c(Cl)cc21. The summed E-state index contributed by atoms with van der Waals surface area (Å²) >= 11 is 12.2. The molecule has 1 aromatic carbocycles. The molecule has 21 heavy (non-hydrogen) atoms. The molecule has 2 aliphatic heterocycles. The van der Waals surface area contributed by atoms with E-state index >= 15 is 0 Å². The fourth-order valence-corrected chi connectivity index (χ4v) is 4.86. The molecule has 2 heterocycles. The minimum atomic E-state index is -3.56. The van der Waals surface area contributed by atoms with Crippen LogP contribution in [0.3, 0.4) is 0 Å². The van der Waals surface area contributed by atoms with E-state index in [1.165, 1.54) is 4.31 Å². The summed E-state index contributed by atoms with van der Waals surface area (Å²) in [6.07, 6.45) is 0.850. The number of nitrogens with one attached hydrogen (secondary N) is 1. The molecule has 3 rings (SSSR count). The van der Waals surface area contributed by atoms with Gasteiger partial charge in [0.1, 0.15) is 0 Å². The summed E-state index contributed by atoms with van der Waals surface area (Å²) in [5, 5.41) is 13.1. The highest BCUT2D eigenvalue weighted by atomic mass is 35.5. The zero-order valence-electron chi connectivity index (χ0n) is 11.3. The maximum atomic E-state index is 12.4. The summed E-state index contributed by atoms with van der Waals surface area (Å²) in [4.78, 5) is 0. The third-order valence-corrected chi connectivity index (χ3v) is 6.67. The highest BCUT2D eigenvalue weighted by Crippen LogP contribution is 2.48. The largest absolute Gasteiger partial charge is 0.395 e. The van der Waals surface area contributed by atoms with Gasteiger partial charge in [0.05, 0.1) is 28.1 Å². The number of aliphatic hydroxyl groups is 1. The van der Waals surface area contributed by atoms with Crippen LogP contribution in [0.15, 0.2) is 12.1 Å². The molecule has 1 fully saturated rings. The summed E-state index contributed by atoms with van der Waals surface area (Å²) in [6, 6.07) is 3.39. The molecule has 0 radical (unpaired) electrons. The van der Waals surface area contributed by atoms with Gasteiger partial charge in [0.25, 0.3) is 0 Å². The molecular weight excluding hydrogens is 335 g/mol. The normalized spacial score (nSPS) is 24.8. The van der Waals surface area contributed by atoms with Gasteiger partial charge in [-0.25, -0.2) is 8.42 Å². The molecule has 5 nitrogen and oxygen atoms in total. The molecule has 0 amide bonds. The molecule has 1 saturated heterocycles. The number of benzene rings is 1. The third-order valence-electron chi connectivity index (χ3n) is 4.25. The molecule has 0 unspecified atom stereocenters. The van der Waals surface area contributed by atoms with E-state index in [0.29, 0.717) is 28.8 Å². The molecule has 0 saturated carbocycles. The van der Waals surface area contributed by atoms with Crippen molar-refractivity contribution < 1.29 is 13.5 Å². The zero-order valence-corrected chi connectivity index (χ0v) is 13.6.